The quantitative estimate of drug-likeness (QED) is 0.918. The third-order valence-electron chi connectivity index (χ3n) is 3.51. The van der Waals surface area contributed by atoms with E-state index in [0.29, 0.717) is 23.2 Å². The van der Waals surface area contributed by atoms with Crippen LogP contribution in [0.25, 0.3) is 11.3 Å². The van der Waals surface area contributed by atoms with Crippen LogP contribution in [0, 0.1) is 0 Å². The highest BCUT2D eigenvalue weighted by Gasteiger charge is 2.32. The molecule has 0 aliphatic heterocycles. The van der Waals surface area contributed by atoms with Crippen LogP contribution in [0.15, 0.2) is 34.9 Å². The number of oxazole rings is 1. The number of nitrogens with zero attached hydrogens (tertiary/aromatic N) is 2. The molecule has 0 amide bonds. The molecule has 1 heterocycles. The molecule has 0 fully saturated rings. The summed E-state index contributed by atoms with van der Waals surface area (Å²) in [6.45, 7) is 3.58. The molecule has 1 aromatic heterocycles. The van der Waals surface area contributed by atoms with Crippen LogP contribution in [0.3, 0.4) is 0 Å². The van der Waals surface area contributed by atoms with E-state index in [0.717, 1.165) is 5.56 Å². The number of halogens is 1. The first-order valence-electron chi connectivity index (χ1n) is 6.46. The van der Waals surface area contributed by atoms with E-state index in [4.69, 9.17) is 16.0 Å². The molecule has 1 aromatic carbocycles. The lowest BCUT2D eigenvalue weighted by Crippen LogP contribution is -2.47. The molecule has 1 N–H and O–H groups in total. The Kier molecular flexibility index (Phi) is 4.34. The van der Waals surface area contributed by atoms with Crippen molar-refractivity contribution in [3.63, 3.8) is 0 Å². The molecule has 112 valence electrons. The van der Waals surface area contributed by atoms with Crippen LogP contribution < -0.4 is 0 Å². The van der Waals surface area contributed by atoms with E-state index >= 15 is 0 Å². The first-order valence-corrected chi connectivity index (χ1v) is 6.84. The number of hydrogen-bond donors (Lipinski definition) is 1. The lowest BCUT2D eigenvalue weighted by Gasteiger charge is -2.30. The number of carboxylic acids is 1. The first-order chi connectivity index (χ1) is 9.80. The second-order valence-corrected chi connectivity index (χ2v) is 5.79. The molecule has 2 rings (SSSR count). The average molecular weight is 309 g/mol. The van der Waals surface area contributed by atoms with E-state index in [2.05, 4.69) is 4.98 Å². The summed E-state index contributed by atoms with van der Waals surface area (Å²) >= 11 is 5.94. The molecule has 0 spiro atoms. The van der Waals surface area contributed by atoms with Crippen LogP contribution in [0.5, 0.6) is 0 Å². The summed E-state index contributed by atoms with van der Waals surface area (Å²) in [6.07, 6.45) is 1.61. The fourth-order valence-electron chi connectivity index (χ4n) is 1.72. The molecule has 2 aromatic rings. The van der Waals surface area contributed by atoms with Crippen molar-refractivity contribution < 1.29 is 14.3 Å². The Balaban J connectivity index is 2.16. The van der Waals surface area contributed by atoms with Gasteiger partial charge in [0, 0.05) is 10.6 Å². The van der Waals surface area contributed by atoms with Crippen molar-refractivity contribution >= 4 is 17.6 Å². The Bertz CT molecular complexity index is 652. The molecule has 0 saturated carbocycles. The average Bonchev–Trinajstić information content (AvgIpc) is 2.87. The molecule has 6 heteroatoms. The molecule has 0 aliphatic carbocycles. The Hall–Kier alpha value is -1.85. The second kappa shape index (κ2) is 5.87. The minimum absolute atomic E-state index is 0.305. The van der Waals surface area contributed by atoms with Gasteiger partial charge in [-0.1, -0.05) is 23.7 Å². The summed E-state index contributed by atoms with van der Waals surface area (Å²) in [6, 6.07) is 7.28. The van der Waals surface area contributed by atoms with E-state index < -0.39 is 11.5 Å². The predicted octanol–water partition coefficient (Wildman–Crippen LogP) is 3.29. The molecule has 21 heavy (non-hydrogen) atoms. The Morgan fingerprint density at radius 3 is 2.81 bits per heavy atom. The van der Waals surface area contributed by atoms with Crippen molar-refractivity contribution in [3.8, 4) is 11.3 Å². The fraction of sp³-hybridized carbons (Fsp3) is 0.333. The van der Waals surface area contributed by atoms with Crippen molar-refractivity contribution in [2.24, 2.45) is 0 Å². The van der Waals surface area contributed by atoms with E-state index in [1.807, 2.05) is 12.1 Å². The summed E-state index contributed by atoms with van der Waals surface area (Å²) in [5.41, 5.74) is -0.161. The Morgan fingerprint density at radius 2 is 2.19 bits per heavy atom. The van der Waals surface area contributed by atoms with Gasteiger partial charge in [-0.25, -0.2) is 4.98 Å². The molecule has 0 saturated heterocycles. The lowest BCUT2D eigenvalue weighted by atomic mass is 10.0. The summed E-state index contributed by atoms with van der Waals surface area (Å²) in [7, 11) is 1.72. The second-order valence-electron chi connectivity index (χ2n) is 5.35. The minimum Gasteiger partial charge on any atom is -0.480 e. The van der Waals surface area contributed by atoms with Gasteiger partial charge in [0.15, 0.2) is 5.76 Å². The number of likely N-dealkylation sites (N-methyl/N-ethyl adjacent to an activating group) is 1. The molecular formula is C15H17ClN2O3. The number of hydrogen-bond acceptors (Lipinski definition) is 4. The standard InChI is InChI=1S/C15H17ClN2O3/c1-15(2,14(19)20)18(3)9-13-17-8-12(21-13)10-5-4-6-11(16)7-10/h4-8H,9H2,1-3H3,(H,19,20). The molecule has 0 unspecified atom stereocenters. The highest BCUT2D eigenvalue weighted by molar-refractivity contribution is 6.30. The number of carbonyl (C=O) groups is 1. The SMILES string of the molecule is CN(Cc1ncc(-c2cccc(Cl)c2)o1)C(C)(C)C(=O)O. The van der Waals surface area contributed by atoms with E-state index in [1.165, 1.54) is 0 Å². The van der Waals surface area contributed by atoms with E-state index in [1.54, 1.807) is 44.1 Å². The van der Waals surface area contributed by atoms with Crippen LogP contribution in [0.4, 0.5) is 0 Å². The zero-order valence-electron chi connectivity index (χ0n) is 12.1. The highest BCUT2D eigenvalue weighted by Crippen LogP contribution is 2.24. The van der Waals surface area contributed by atoms with Crippen molar-refractivity contribution in [1.82, 2.24) is 9.88 Å². The number of benzene rings is 1. The van der Waals surface area contributed by atoms with Crippen molar-refractivity contribution in [2.45, 2.75) is 25.9 Å². The number of rotatable bonds is 5. The van der Waals surface area contributed by atoms with Crippen LogP contribution in [0.1, 0.15) is 19.7 Å². The molecule has 0 bridgehead atoms. The third-order valence-corrected chi connectivity index (χ3v) is 3.75. The smallest absolute Gasteiger partial charge is 0.323 e. The van der Waals surface area contributed by atoms with Gasteiger partial charge < -0.3 is 9.52 Å². The highest BCUT2D eigenvalue weighted by atomic mass is 35.5. The minimum atomic E-state index is -0.995. The number of aliphatic carboxylic acids is 1. The van der Waals surface area contributed by atoms with Gasteiger partial charge in [0.2, 0.25) is 5.89 Å². The maximum absolute atomic E-state index is 11.2. The van der Waals surface area contributed by atoms with Gasteiger partial charge in [-0.05, 0) is 33.0 Å². The fourth-order valence-corrected chi connectivity index (χ4v) is 1.91. The van der Waals surface area contributed by atoms with Gasteiger partial charge in [-0.2, -0.15) is 0 Å². The van der Waals surface area contributed by atoms with Gasteiger partial charge in [-0.3, -0.25) is 9.69 Å². The molecular weight excluding hydrogens is 292 g/mol. The maximum atomic E-state index is 11.2. The van der Waals surface area contributed by atoms with Crippen LogP contribution >= 0.6 is 11.6 Å². The molecule has 0 atom stereocenters. The monoisotopic (exact) mass is 308 g/mol. The van der Waals surface area contributed by atoms with E-state index in [-0.39, 0.29) is 0 Å². The first kappa shape index (κ1) is 15.5. The van der Waals surface area contributed by atoms with Crippen LogP contribution in [0.2, 0.25) is 5.02 Å². The van der Waals surface area contributed by atoms with E-state index in [9.17, 15) is 9.90 Å². The number of carboxylic acid groups (broad SMARTS) is 1. The summed E-state index contributed by atoms with van der Waals surface area (Å²) in [5, 5.41) is 9.82. The molecule has 5 nitrogen and oxygen atoms in total. The van der Waals surface area contributed by atoms with Gasteiger partial charge >= 0.3 is 5.97 Å². The van der Waals surface area contributed by atoms with Gasteiger partial charge in [0.25, 0.3) is 0 Å². The van der Waals surface area contributed by atoms with Crippen molar-refractivity contribution in [2.75, 3.05) is 7.05 Å². The van der Waals surface area contributed by atoms with Gasteiger partial charge in [0.05, 0.1) is 12.7 Å². The van der Waals surface area contributed by atoms with Gasteiger partial charge in [0.1, 0.15) is 5.54 Å². The van der Waals surface area contributed by atoms with Gasteiger partial charge in [-0.15, -0.1) is 0 Å². The van der Waals surface area contributed by atoms with Crippen LogP contribution in [-0.4, -0.2) is 33.5 Å². The number of aromatic nitrogens is 1. The zero-order chi connectivity index (χ0) is 15.6. The van der Waals surface area contributed by atoms with Crippen LogP contribution in [-0.2, 0) is 11.3 Å². The topological polar surface area (TPSA) is 66.6 Å². The van der Waals surface area contributed by atoms with Crippen molar-refractivity contribution in [3.05, 3.63) is 41.4 Å². The Labute approximate surface area is 128 Å². The lowest BCUT2D eigenvalue weighted by molar-refractivity contribution is -0.149. The third kappa shape index (κ3) is 3.43. The zero-order valence-corrected chi connectivity index (χ0v) is 12.9. The Morgan fingerprint density at radius 1 is 1.48 bits per heavy atom. The summed E-state index contributed by atoms with van der Waals surface area (Å²) in [4.78, 5) is 17.1. The summed E-state index contributed by atoms with van der Waals surface area (Å²) < 4.78 is 5.67. The molecule has 0 aliphatic rings. The summed E-state index contributed by atoms with van der Waals surface area (Å²) in [5.74, 6) is 0.169. The maximum Gasteiger partial charge on any atom is 0.323 e. The predicted molar refractivity (Wildman–Crippen MR) is 80.1 cm³/mol. The molecule has 0 radical (unpaired) electrons. The normalized spacial score (nSPS) is 11.9. The van der Waals surface area contributed by atoms with Crippen molar-refractivity contribution in [1.29, 1.82) is 0 Å². The largest absolute Gasteiger partial charge is 0.480 e.